The van der Waals surface area contributed by atoms with Crippen LogP contribution in [0.25, 0.3) is 11.8 Å². The molecule has 19 heavy (non-hydrogen) atoms. The molecule has 0 aromatic heterocycles. The number of benzene rings is 1. The summed E-state index contributed by atoms with van der Waals surface area (Å²) in [4.78, 5) is 0. The molecule has 0 aliphatic heterocycles. The van der Waals surface area contributed by atoms with Gasteiger partial charge in [-0.15, -0.1) is 0 Å². The van der Waals surface area contributed by atoms with Gasteiger partial charge in [-0.3, -0.25) is 0 Å². The van der Waals surface area contributed by atoms with Gasteiger partial charge in [0.1, 0.15) is 5.76 Å². The third kappa shape index (κ3) is 2.87. The molecule has 0 amide bonds. The van der Waals surface area contributed by atoms with Gasteiger partial charge in [0.15, 0.2) is 0 Å². The molecular formula is C18H20O. The zero-order valence-corrected chi connectivity index (χ0v) is 11.6. The van der Waals surface area contributed by atoms with Crippen LogP contribution >= 0.6 is 0 Å². The average molecular weight is 252 g/mol. The van der Waals surface area contributed by atoms with E-state index in [1.165, 1.54) is 16.7 Å². The molecule has 1 unspecified atom stereocenters. The second-order valence-corrected chi connectivity index (χ2v) is 4.91. The molecule has 0 fully saturated rings. The van der Waals surface area contributed by atoms with Crippen molar-refractivity contribution in [3.63, 3.8) is 0 Å². The lowest BCUT2D eigenvalue weighted by atomic mass is 9.85. The molecule has 0 heterocycles. The van der Waals surface area contributed by atoms with E-state index < -0.39 is 0 Å². The van der Waals surface area contributed by atoms with Crippen LogP contribution in [0.4, 0.5) is 0 Å². The van der Waals surface area contributed by atoms with Crippen molar-refractivity contribution in [3.8, 4) is 0 Å². The van der Waals surface area contributed by atoms with Crippen LogP contribution in [-0.4, -0.2) is 5.11 Å². The quantitative estimate of drug-likeness (QED) is 0.714. The SMILES string of the molecule is C=C(O)c1ccc2c(c1)C(CC)/C(C)=C/C=C\C=C\2. The Labute approximate surface area is 115 Å². The Balaban J connectivity index is 2.62. The third-order valence-corrected chi connectivity index (χ3v) is 3.61. The number of hydrogen-bond donors (Lipinski definition) is 1. The average Bonchev–Trinajstić information content (AvgIpc) is 2.46. The topological polar surface area (TPSA) is 20.2 Å². The number of allylic oxidation sites excluding steroid dienone is 5. The first-order chi connectivity index (χ1) is 9.13. The fourth-order valence-electron chi connectivity index (χ4n) is 2.54. The highest BCUT2D eigenvalue weighted by Gasteiger charge is 2.15. The van der Waals surface area contributed by atoms with E-state index in [1.54, 1.807) is 0 Å². The molecule has 0 saturated carbocycles. The molecule has 1 aliphatic rings. The smallest absolute Gasteiger partial charge is 0.115 e. The molecule has 1 nitrogen and oxygen atoms in total. The second kappa shape index (κ2) is 5.75. The molecule has 1 heteroatoms. The van der Waals surface area contributed by atoms with Crippen LogP contribution in [0.1, 0.15) is 42.9 Å². The van der Waals surface area contributed by atoms with Gasteiger partial charge in [-0.05, 0) is 30.5 Å². The molecule has 1 aromatic carbocycles. The van der Waals surface area contributed by atoms with Crippen LogP contribution in [0.15, 0.2) is 54.7 Å². The Morgan fingerprint density at radius 3 is 2.74 bits per heavy atom. The Morgan fingerprint density at radius 1 is 1.26 bits per heavy atom. The number of aliphatic hydroxyl groups excluding tert-OH is 1. The van der Waals surface area contributed by atoms with Crippen molar-refractivity contribution >= 4 is 11.8 Å². The van der Waals surface area contributed by atoms with Gasteiger partial charge in [0.05, 0.1) is 0 Å². The van der Waals surface area contributed by atoms with Gasteiger partial charge < -0.3 is 5.11 Å². The molecule has 0 spiro atoms. The Morgan fingerprint density at radius 2 is 2.05 bits per heavy atom. The number of aliphatic hydroxyl groups is 1. The van der Waals surface area contributed by atoms with E-state index in [-0.39, 0.29) is 5.76 Å². The Bertz CT molecular complexity index is 573. The van der Waals surface area contributed by atoms with Crippen LogP contribution in [0.2, 0.25) is 0 Å². The summed E-state index contributed by atoms with van der Waals surface area (Å²) >= 11 is 0. The molecule has 1 N–H and O–H groups in total. The first kappa shape index (κ1) is 13.4. The Hall–Kier alpha value is -2.02. The van der Waals surface area contributed by atoms with Crippen molar-refractivity contribution in [1.82, 2.24) is 0 Å². The van der Waals surface area contributed by atoms with E-state index in [9.17, 15) is 5.11 Å². The molecule has 1 aliphatic carbocycles. The fourth-order valence-corrected chi connectivity index (χ4v) is 2.54. The lowest BCUT2D eigenvalue weighted by Crippen LogP contribution is -2.02. The summed E-state index contributed by atoms with van der Waals surface area (Å²) in [5.74, 6) is 0.503. The minimum absolute atomic E-state index is 0.126. The lowest BCUT2D eigenvalue weighted by molar-refractivity contribution is 0.513. The first-order valence-corrected chi connectivity index (χ1v) is 6.67. The van der Waals surface area contributed by atoms with Crippen LogP contribution in [0, 0.1) is 0 Å². The minimum Gasteiger partial charge on any atom is -0.508 e. The predicted molar refractivity (Wildman–Crippen MR) is 83.1 cm³/mol. The van der Waals surface area contributed by atoms with Crippen molar-refractivity contribution in [3.05, 3.63) is 71.3 Å². The second-order valence-electron chi connectivity index (χ2n) is 4.91. The van der Waals surface area contributed by atoms with Crippen molar-refractivity contribution in [2.75, 3.05) is 0 Å². The largest absolute Gasteiger partial charge is 0.508 e. The van der Waals surface area contributed by atoms with E-state index in [0.717, 1.165) is 12.0 Å². The number of hydrogen-bond acceptors (Lipinski definition) is 1. The van der Waals surface area contributed by atoms with Crippen molar-refractivity contribution in [2.24, 2.45) is 0 Å². The monoisotopic (exact) mass is 252 g/mol. The number of rotatable bonds is 2. The lowest BCUT2D eigenvalue weighted by Gasteiger charge is -2.19. The van der Waals surface area contributed by atoms with Gasteiger partial charge in [0, 0.05) is 11.5 Å². The van der Waals surface area contributed by atoms with Gasteiger partial charge in [-0.2, -0.15) is 0 Å². The zero-order chi connectivity index (χ0) is 13.8. The maximum atomic E-state index is 9.59. The summed E-state index contributed by atoms with van der Waals surface area (Å²) in [6.45, 7) is 7.97. The highest BCUT2D eigenvalue weighted by molar-refractivity contribution is 5.65. The van der Waals surface area contributed by atoms with Crippen molar-refractivity contribution in [2.45, 2.75) is 26.2 Å². The Kier molecular flexibility index (Phi) is 4.06. The van der Waals surface area contributed by atoms with Gasteiger partial charge in [-0.25, -0.2) is 0 Å². The summed E-state index contributed by atoms with van der Waals surface area (Å²) in [5.41, 5.74) is 4.59. The number of fused-ring (bicyclic) bond motifs is 1. The molecule has 0 radical (unpaired) electrons. The van der Waals surface area contributed by atoms with Crippen molar-refractivity contribution in [1.29, 1.82) is 0 Å². The fraction of sp³-hybridized carbons (Fsp3) is 0.222. The maximum absolute atomic E-state index is 9.59. The molecular weight excluding hydrogens is 232 g/mol. The molecule has 0 bridgehead atoms. The van der Waals surface area contributed by atoms with Crippen LogP contribution < -0.4 is 0 Å². The van der Waals surface area contributed by atoms with Gasteiger partial charge >= 0.3 is 0 Å². The van der Waals surface area contributed by atoms with Crippen molar-refractivity contribution < 1.29 is 5.11 Å². The minimum atomic E-state index is 0.126. The normalized spacial score (nSPS) is 24.1. The van der Waals surface area contributed by atoms with Gasteiger partial charge in [-0.1, -0.05) is 61.6 Å². The molecule has 1 aromatic rings. The third-order valence-electron chi connectivity index (χ3n) is 3.61. The highest BCUT2D eigenvalue weighted by Crippen LogP contribution is 2.33. The standard InChI is InChI=1S/C18H20O/c1-4-17-13(2)8-6-5-7-9-15-10-11-16(14(3)19)12-18(15)17/h5-12,17,19H,3-4H2,1-2H3/b6-5-,9-7+,13-8+. The van der Waals surface area contributed by atoms with Crippen LogP contribution in [0.3, 0.4) is 0 Å². The highest BCUT2D eigenvalue weighted by atomic mass is 16.3. The predicted octanol–water partition coefficient (Wildman–Crippen LogP) is 5.24. The van der Waals surface area contributed by atoms with E-state index in [4.69, 9.17) is 0 Å². The first-order valence-electron chi connectivity index (χ1n) is 6.67. The summed E-state index contributed by atoms with van der Waals surface area (Å²) in [5, 5.41) is 9.59. The summed E-state index contributed by atoms with van der Waals surface area (Å²) in [6, 6.07) is 6.02. The summed E-state index contributed by atoms with van der Waals surface area (Å²) < 4.78 is 0. The summed E-state index contributed by atoms with van der Waals surface area (Å²) in [6.07, 6.45) is 11.5. The maximum Gasteiger partial charge on any atom is 0.115 e. The van der Waals surface area contributed by atoms with Crippen LogP contribution in [0.5, 0.6) is 0 Å². The van der Waals surface area contributed by atoms with E-state index in [2.05, 4.69) is 50.8 Å². The molecule has 2 rings (SSSR count). The van der Waals surface area contributed by atoms with E-state index >= 15 is 0 Å². The molecule has 1 atom stereocenters. The van der Waals surface area contributed by atoms with Crippen LogP contribution in [-0.2, 0) is 0 Å². The van der Waals surface area contributed by atoms with E-state index in [0.29, 0.717) is 5.92 Å². The zero-order valence-electron chi connectivity index (χ0n) is 11.6. The van der Waals surface area contributed by atoms with Gasteiger partial charge in [0.2, 0.25) is 0 Å². The van der Waals surface area contributed by atoms with Gasteiger partial charge in [0.25, 0.3) is 0 Å². The van der Waals surface area contributed by atoms with E-state index in [1.807, 2.05) is 18.2 Å². The summed E-state index contributed by atoms with van der Waals surface area (Å²) in [7, 11) is 0. The molecule has 0 saturated heterocycles. The molecule has 98 valence electrons.